The standard InChI is InChI=1S/C15H23NO2S.C2HF3O2/c1-12-4-8-19-13(12)9-16-6-3-14-15(10-16,11-17-2)5-7-18-14;3-2(4,5)1(6)7/h4,8,14H,3,5-7,9-11H2,1-2H3;(H,6,7)/t14-,15+;/m1./s1. The van der Waals surface area contributed by atoms with Crippen molar-refractivity contribution in [1.29, 1.82) is 0 Å². The van der Waals surface area contributed by atoms with E-state index in [1.54, 1.807) is 0 Å². The van der Waals surface area contributed by atoms with Crippen molar-refractivity contribution in [2.24, 2.45) is 5.41 Å². The van der Waals surface area contributed by atoms with Crippen LogP contribution in [0.15, 0.2) is 11.4 Å². The summed E-state index contributed by atoms with van der Waals surface area (Å²) in [4.78, 5) is 13.0. The summed E-state index contributed by atoms with van der Waals surface area (Å²) in [5.41, 5.74) is 1.66. The van der Waals surface area contributed by atoms with E-state index in [-0.39, 0.29) is 5.41 Å². The maximum atomic E-state index is 10.6. The highest BCUT2D eigenvalue weighted by molar-refractivity contribution is 7.10. The molecular formula is C17H24F3NO4S. The van der Waals surface area contributed by atoms with Crippen LogP contribution in [-0.2, 0) is 20.8 Å². The Balaban J connectivity index is 0.000000298. The van der Waals surface area contributed by atoms with Gasteiger partial charge in [0, 0.05) is 43.6 Å². The minimum Gasteiger partial charge on any atom is -0.475 e. The molecule has 0 amide bonds. The average molecular weight is 395 g/mol. The van der Waals surface area contributed by atoms with Crippen molar-refractivity contribution in [3.05, 3.63) is 21.9 Å². The number of likely N-dealkylation sites (tertiary alicyclic amines) is 1. The predicted molar refractivity (Wildman–Crippen MR) is 91.3 cm³/mol. The number of hydrogen-bond donors (Lipinski definition) is 1. The fraction of sp³-hybridized carbons (Fsp3) is 0.706. The third-order valence-corrected chi connectivity index (χ3v) is 5.87. The lowest BCUT2D eigenvalue weighted by molar-refractivity contribution is -0.192. The Labute approximate surface area is 154 Å². The third-order valence-electron chi connectivity index (χ3n) is 4.86. The number of carboxylic acids is 1. The Morgan fingerprint density at radius 3 is 2.77 bits per heavy atom. The van der Waals surface area contributed by atoms with Crippen LogP contribution >= 0.6 is 11.3 Å². The van der Waals surface area contributed by atoms with Crippen molar-refractivity contribution in [2.75, 3.05) is 33.4 Å². The summed E-state index contributed by atoms with van der Waals surface area (Å²) in [6.07, 6.45) is -2.38. The number of rotatable bonds is 4. The molecule has 2 saturated heterocycles. The monoisotopic (exact) mass is 395 g/mol. The number of carbonyl (C=O) groups is 1. The number of nitrogens with zero attached hydrogens (tertiary/aromatic N) is 1. The molecule has 0 spiro atoms. The Morgan fingerprint density at radius 2 is 2.23 bits per heavy atom. The second-order valence-corrected chi connectivity index (χ2v) is 7.73. The molecule has 0 aromatic carbocycles. The van der Waals surface area contributed by atoms with Gasteiger partial charge in [0.25, 0.3) is 0 Å². The molecule has 5 nitrogen and oxygen atoms in total. The summed E-state index contributed by atoms with van der Waals surface area (Å²) in [7, 11) is 1.81. The molecule has 1 N–H and O–H groups in total. The summed E-state index contributed by atoms with van der Waals surface area (Å²) in [6, 6.07) is 2.22. The number of aryl methyl sites for hydroxylation is 1. The molecule has 0 bridgehead atoms. The quantitative estimate of drug-likeness (QED) is 0.848. The number of hydrogen-bond acceptors (Lipinski definition) is 5. The lowest BCUT2D eigenvalue weighted by Gasteiger charge is -2.43. The Bertz CT molecular complexity index is 607. The van der Waals surface area contributed by atoms with Crippen LogP contribution in [0.1, 0.15) is 23.3 Å². The molecule has 3 rings (SSSR count). The normalized spacial score (nSPS) is 26.1. The van der Waals surface area contributed by atoms with Crippen LogP contribution in [0.5, 0.6) is 0 Å². The molecule has 0 saturated carbocycles. The SMILES string of the molecule is COC[C@@]12CCO[C@@H]1CCN(Cc1sccc1C)C2.O=C(O)C(F)(F)F. The summed E-state index contributed by atoms with van der Waals surface area (Å²) in [6.45, 7) is 7.29. The Hall–Kier alpha value is -1.16. The van der Waals surface area contributed by atoms with Crippen LogP contribution in [0.2, 0.25) is 0 Å². The van der Waals surface area contributed by atoms with Crippen LogP contribution < -0.4 is 0 Å². The molecule has 2 aliphatic rings. The molecule has 0 radical (unpaired) electrons. The number of halogens is 3. The number of piperidine rings is 1. The number of aliphatic carboxylic acids is 1. The summed E-state index contributed by atoms with van der Waals surface area (Å²) >= 11 is 1.88. The third kappa shape index (κ3) is 5.18. The van der Waals surface area contributed by atoms with E-state index in [1.807, 2.05) is 18.4 Å². The number of methoxy groups -OCH3 is 1. The fourth-order valence-corrected chi connectivity index (χ4v) is 4.49. The number of thiophene rings is 1. The largest absolute Gasteiger partial charge is 0.490 e. The highest BCUT2D eigenvalue weighted by Gasteiger charge is 2.47. The van der Waals surface area contributed by atoms with E-state index in [9.17, 15) is 13.2 Å². The summed E-state index contributed by atoms with van der Waals surface area (Å²) in [5, 5.41) is 9.32. The van der Waals surface area contributed by atoms with Crippen LogP contribution in [0.3, 0.4) is 0 Å². The van der Waals surface area contributed by atoms with Crippen LogP contribution in [0, 0.1) is 12.3 Å². The Kier molecular flexibility index (Phi) is 7.06. The molecule has 1 aromatic rings. The minimum atomic E-state index is -5.08. The van der Waals surface area contributed by atoms with Gasteiger partial charge in [0.05, 0.1) is 12.7 Å². The molecule has 2 fully saturated rings. The zero-order valence-corrected chi connectivity index (χ0v) is 15.7. The summed E-state index contributed by atoms with van der Waals surface area (Å²) < 4.78 is 43.1. The van der Waals surface area contributed by atoms with Gasteiger partial charge in [-0.05, 0) is 36.8 Å². The first-order valence-corrected chi connectivity index (χ1v) is 9.22. The maximum absolute atomic E-state index is 10.6. The number of ether oxygens (including phenoxy) is 2. The molecular weight excluding hydrogens is 371 g/mol. The molecule has 0 aliphatic carbocycles. The van der Waals surface area contributed by atoms with Gasteiger partial charge in [-0.1, -0.05) is 0 Å². The van der Waals surface area contributed by atoms with Crippen molar-refractivity contribution in [1.82, 2.24) is 4.90 Å². The van der Waals surface area contributed by atoms with E-state index in [0.29, 0.717) is 6.10 Å². The van der Waals surface area contributed by atoms with Crippen molar-refractivity contribution in [2.45, 2.75) is 38.6 Å². The van der Waals surface area contributed by atoms with Crippen LogP contribution in [0.4, 0.5) is 13.2 Å². The first-order valence-electron chi connectivity index (χ1n) is 8.34. The number of carboxylic acid groups (broad SMARTS) is 1. The van der Waals surface area contributed by atoms with Crippen molar-refractivity contribution in [3.63, 3.8) is 0 Å². The second-order valence-electron chi connectivity index (χ2n) is 6.73. The topological polar surface area (TPSA) is 59.0 Å². The molecule has 148 valence electrons. The minimum absolute atomic E-state index is 0.234. The van der Waals surface area contributed by atoms with Gasteiger partial charge in [0.15, 0.2) is 0 Å². The molecule has 1 aromatic heterocycles. The van der Waals surface area contributed by atoms with E-state index < -0.39 is 12.1 Å². The van der Waals surface area contributed by atoms with Crippen LogP contribution in [-0.4, -0.2) is 61.7 Å². The molecule has 2 atom stereocenters. The van der Waals surface area contributed by atoms with Gasteiger partial charge >= 0.3 is 12.1 Å². The molecule has 2 aliphatic heterocycles. The van der Waals surface area contributed by atoms with Gasteiger partial charge < -0.3 is 14.6 Å². The molecule has 26 heavy (non-hydrogen) atoms. The van der Waals surface area contributed by atoms with E-state index in [0.717, 1.165) is 45.7 Å². The molecule has 9 heteroatoms. The van der Waals surface area contributed by atoms with Gasteiger partial charge in [0.2, 0.25) is 0 Å². The average Bonchev–Trinajstić information content (AvgIpc) is 3.13. The van der Waals surface area contributed by atoms with E-state index in [4.69, 9.17) is 19.4 Å². The van der Waals surface area contributed by atoms with E-state index >= 15 is 0 Å². The number of fused-ring (bicyclic) bond motifs is 1. The maximum Gasteiger partial charge on any atom is 0.490 e. The van der Waals surface area contributed by atoms with E-state index in [1.165, 1.54) is 10.4 Å². The van der Waals surface area contributed by atoms with E-state index in [2.05, 4.69) is 23.3 Å². The smallest absolute Gasteiger partial charge is 0.475 e. The first kappa shape index (κ1) is 21.1. The predicted octanol–water partition coefficient (Wildman–Crippen LogP) is 3.32. The Morgan fingerprint density at radius 1 is 1.54 bits per heavy atom. The van der Waals surface area contributed by atoms with Gasteiger partial charge in [-0.25, -0.2) is 4.79 Å². The van der Waals surface area contributed by atoms with Gasteiger partial charge in [-0.2, -0.15) is 13.2 Å². The zero-order valence-electron chi connectivity index (χ0n) is 14.8. The van der Waals surface area contributed by atoms with Crippen LogP contribution in [0.25, 0.3) is 0 Å². The fourth-order valence-electron chi connectivity index (χ4n) is 3.54. The highest BCUT2D eigenvalue weighted by Crippen LogP contribution is 2.41. The van der Waals surface area contributed by atoms with Gasteiger partial charge in [-0.3, -0.25) is 4.90 Å². The van der Waals surface area contributed by atoms with Crippen molar-refractivity contribution < 1.29 is 32.5 Å². The lowest BCUT2D eigenvalue weighted by Crippen LogP contribution is -2.51. The van der Waals surface area contributed by atoms with Crippen molar-refractivity contribution in [3.8, 4) is 0 Å². The van der Waals surface area contributed by atoms with Gasteiger partial charge in [-0.15, -0.1) is 11.3 Å². The zero-order chi connectivity index (χ0) is 19.4. The second kappa shape index (κ2) is 8.69. The highest BCUT2D eigenvalue weighted by atomic mass is 32.1. The summed E-state index contributed by atoms with van der Waals surface area (Å²) in [5.74, 6) is -2.76. The lowest BCUT2D eigenvalue weighted by atomic mass is 9.77. The van der Waals surface area contributed by atoms with Crippen molar-refractivity contribution >= 4 is 17.3 Å². The number of alkyl halides is 3. The molecule has 3 heterocycles. The van der Waals surface area contributed by atoms with Gasteiger partial charge in [0.1, 0.15) is 0 Å². The first-order chi connectivity index (χ1) is 12.2. The molecule has 0 unspecified atom stereocenters.